The molecule has 0 unspecified atom stereocenters. The summed E-state index contributed by atoms with van der Waals surface area (Å²) < 4.78 is 5.21. The van der Waals surface area contributed by atoms with Crippen LogP contribution in [-0.4, -0.2) is 7.11 Å². The molecule has 0 aliphatic rings. The number of rotatable bonds is 2. The molecule has 2 nitrogen and oxygen atoms in total. The summed E-state index contributed by atoms with van der Waals surface area (Å²) in [5, 5.41) is 0. The van der Waals surface area contributed by atoms with Crippen molar-refractivity contribution >= 4 is 5.69 Å². The fraction of sp³-hybridized carbons (Fsp3) is 0.364. The highest BCUT2D eigenvalue weighted by molar-refractivity contribution is 5.59. The molecule has 0 aliphatic heterocycles. The molecule has 1 aromatic rings. The number of hydrogen-bond acceptors (Lipinski definition) is 1. The molecule has 0 saturated heterocycles. The normalized spacial score (nSPS) is 9.77. The number of benzene rings is 1. The molecule has 0 atom stereocenters. The van der Waals surface area contributed by atoms with Crippen molar-refractivity contribution in [3.63, 3.8) is 0 Å². The lowest BCUT2D eigenvalue weighted by Crippen LogP contribution is -1.93. The Labute approximate surface area is 79.0 Å². The van der Waals surface area contributed by atoms with Gasteiger partial charge in [0.1, 0.15) is 5.75 Å². The number of ether oxygens (including phenoxy) is 1. The summed E-state index contributed by atoms with van der Waals surface area (Å²) >= 11 is 0. The number of methoxy groups -OCH3 is 1. The Kier molecular flexibility index (Phi) is 2.92. The van der Waals surface area contributed by atoms with Crippen molar-refractivity contribution in [3.8, 4) is 5.75 Å². The molecule has 1 aromatic carbocycles. The Balaban J connectivity index is 3.32. The molecule has 0 radical (unpaired) electrons. The molecule has 0 fully saturated rings. The van der Waals surface area contributed by atoms with Crippen LogP contribution >= 0.6 is 0 Å². The van der Waals surface area contributed by atoms with Gasteiger partial charge in [-0.2, -0.15) is 0 Å². The van der Waals surface area contributed by atoms with Crippen LogP contribution in [0.25, 0.3) is 4.85 Å². The molecular formula is C11H13NO. The zero-order valence-electron chi connectivity index (χ0n) is 8.16. The first-order valence-corrected chi connectivity index (χ1v) is 4.25. The van der Waals surface area contributed by atoms with E-state index in [4.69, 9.17) is 11.3 Å². The third-order valence-electron chi connectivity index (χ3n) is 1.96. The van der Waals surface area contributed by atoms with Gasteiger partial charge in [-0.25, -0.2) is 4.85 Å². The molecule has 0 heterocycles. The van der Waals surface area contributed by atoms with E-state index >= 15 is 0 Å². The van der Waals surface area contributed by atoms with Gasteiger partial charge in [0.25, 0.3) is 0 Å². The van der Waals surface area contributed by atoms with Gasteiger partial charge in [-0.3, -0.25) is 0 Å². The summed E-state index contributed by atoms with van der Waals surface area (Å²) in [6.45, 7) is 11.1. The summed E-state index contributed by atoms with van der Waals surface area (Å²) in [5.74, 6) is 1.13. The highest BCUT2D eigenvalue weighted by Gasteiger charge is 2.11. The van der Waals surface area contributed by atoms with Gasteiger partial charge in [0.2, 0.25) is 0 Å². The summed E-state index contributed by atoms with van der Waals surface area (Å²) in [5.41, 5.74) is 1.69. The summed E-state index contributed by atoms with van der Waals surface area (Å²) in [6.07, 6.45) is 0. The van der Waals surface area contributed by atoms with Crippen molar-refractivity contribution in [1.82, 2.24) is 0 Å². The summed E-state index contributed by atoms with van der Waals surface area (Å²) in [7, 11) is 1.63. The van der Waals surface area contributed by atoms with Crippen molar-refractivity contribution in [1.29, 1.82) is 0 Å². The number of hydrogen-bond donors (Lipinski definition) is 0. The molecule has 0 bridgehead atoms. The zero-order chi connectivity index (χ0) is 9.84. The number of nitrogens with zero attached hydrogens (tertiary/aromatic N) is 1. The molecule has 13 heavy (non-hydrogen) atoms. The molecule has 0 aliphatic carbocycles. The van der Waals surface area contributed by atoms with E-state index in [1.165, 1.54) is 0 Å². The molecule has 0 aromatic heterocycles. The van der Waals surface area contributed by atoms with E-state index in [1.807, 2.05) is 18.2 Å². The molecule has 0 N–H and O–H groups in total. The van der Waals surface area contributed by atoms with Crippen molar-refractivity contribution in [3.05, 3.63) is 35.2 Å². The third-order valence-corrected chi connectivity index (χ3v) is 1.96. The average Bonchev–Trinajstić information content (AvgIpc) is 2.16. The quantitative estimate of drug-likeness (QED) is 0.628. The highest BCUT2D eigenvalue weighted by atomic mass is 16.5. The minimum absolute atomic E-state index is 0.320. The maximum atomic E-state index is 7.02. The predicted molar refractivity (Wildman–Crippen MR) is 53.3 cm³/mol. The lowest BCUT2D eigenvalue weighted by Gasteiger charge is -2.12. The second-order valence-electron chi connectivity index (χ2n) is 3.16. The Bertz CT molecular complexity index is 336. The van der Waals surface area contributed by atoms with Crippen molar-refractivity contribution in [2.24, 2.45) is 0 Å². The Morgan fingerprint density at radius 2 is 2.08 bits per heavy atom. The average molecular weight is 175 g/mol. The Hall–Kier alpha value is -1.49. The minimum Gasteiger partial charge on any atom is -0.498 e. The van der Waals surface area contributed by atoms with E-state index in [0.717, 1.165) is 11.3 Å². The van der Waals surface area contributed by atoms with Crippen LogP contribution < -0.4 is 4.74 Å². The van der Waals surface area contributed by atoms with E-state index in [2.05, 4.69) is 18.7 Å². The molecule has 1 rings (SSSR count). The smallest absolute Gasteiger partial charge is 0.194 e. The molecular weight excluding hydrogens is 162 g/mol. The fourth-order valence-electron chi connectivity index (χ4n) is 1.39. The van der Waals surface area contributed by atoms with E-state index < -0.39 is 0 Å². The molecule has 0 spiro atoms. The second kappa shape index (κ2) is 3.95. The van der Waals surface area contributed by atoms with Gasteiger partial charge in [-0.15, -0.1) is 0 Å². The second-order valence-corrected chi connectivity index (χ2v) is 3.16. The standard InChI is InChI=1S/C11H13NO/c1-8(2)11-9(12-3)6-5-7-10(11)13-4/h5-8H,1-2,4H3. The highest BCUT2D eigenvalue weighted by Crippen LogP contribution is 2.34. The molecule has 0 amide bonds. The van der Waals surface area contributed by atoms with Gasteiger partial charge in [0.15, 0.2) is 5.69 Å². The molecule has 2 heteroatoms. The maximum Gasteiger partial charge on any atom is 0.194 e. The fourth-order valence-corrected chi connectivity index (χ4v) is 1.39. The van der Waals surface area contributed by atoms with Crippen LogP contribution in [0.4, 0.5) is 5.69 Å². The van der Waals surface area contributed by atoms with Crippen LogP contribution in [0.15, 0.2) is 18.2 Å². The van der Waals surface area contributed by atoms with Crippen LogP contribution in [-0.2, 0) is 0 Å². The largest absolute Gasteiger partial charge is 0.498 e. The lowest BCUT2D eigenvalue weighted by molar-refractivity contribution is 0.408. The summed E-state index contributed by atoms with van der Waals surface area (Å²) in [4.78, 5) is 3.47. The van der Waals surface area contributed by atoms with Gasteiger partial charge in [0.05, 0.1) is 13.7 Å². The van der Waals surface area contributed by atoms with Crippen molar-refractivity contribution in [2.45, 2.75) is 19.8 Å². The van der Waals surface area contributed by atoms with E-state index in [0.29, 0.717) is 11.6 Å². The predicted octanol–water partition coefficient (Wildman–Crippen LogP) is 3.37. The first-order valence-electron chi connectivity index (χ1n) is 4.25. The minimum atomic E-state index is 0.320. The van der Waals surface area contributed by atoms with Crippen LogP contribution in [0.3, 0.4) is 0 Å². The first-order chi connectivity index (χ1) is 6.20. The van der Waals surface area contributed by atoms with E-state index in [1.54, 1.807) is 7.11 Å². The van der Waals surface area contributed by atoms with Crippen LogP contribution in [0.1, 0.15) is 25.3 Å². The van der Waals surface area contributed by atoms with Crippen LogP contribution in [0.5, 0.6) is 5.75 Å². The zero-order valence-corrected chi connectivity index (χ0v) is 8.16. The lowest BCUT2D eigenvalue weighted by atomic mass is 10.0. The Morgan fingerprint density at radius 3 is 2.54 bits per heavy atom. The molecule has 0 saturated carbocycles. The van der Waals surface area contributed by atoms with E-state index in [9.17, 15) is 0 Å². The molecule has 68 valence electrons. The van der Waals surface area contributed by atoms with Crippen molar-refractivity contribution < 1.29 is 4.74 Å². The monoisotopic (exact) mass is 175 g/mol. The Morgan fingerprint density at radius 1 is 1.38 bits per heavy atom. The van der Waals surface area contributed by atoms with Crippen LogP contribution in [0, 0.1) is 6.57 Å². The summed E-state index contributed by atoms with van der Waals surface area (Å²) in [6, 6.07) is 5.56. The topological polar surface area (TPSA) is 13.6 Å². The van der Waals surface area contributed by atoms with Gasteiger partial charge >= 0.3 is 0 Å². The third kappa shape index (κ3) is 1.81. The van der Waals surface area contributed by atoms with Gasteiger partial charge in [-0.1, -0.05) is 26.0 Å². The van der Waals surface area contributed by atoms with E-state index in [-0.39, 0.29) is 0 Å². The maximum absolute atomic E-state index is 7.02. The SMILES string of the molecule is [C-]#[N+]c1cccc(OC)c1C(C)C. The van der Waals surface area contributed by atoms with Crippen LogP contribution in [0.2, 0.25) is 0 Å². The van der Waals surface area contributed by atoms with Gasteiger partial charge in [0, 0.05) is 5.56 Å². The first kappa shape index (κ1) is 9.60. The van der Waals surface area contributed by atoms with Gasteiger partial charge < -0.3 is 4.74 Å². The van der Waals surface area contributed by atoms with Crippen molar-refractivity contribution in [2.75, 3.05) is 7.11 Å². The van der Waals surface area contributed by atoms with Gasteiger partial charge in [-0.05, 0) is 12.0 Å².